The van der Waals surface area contributed by atoms with E-state index in [1.807, 2.05) is 4.90 Å². The van der Waals surface area contributed by atoms with Crippen LogP contribution in [0.15, 0.2) is 4.79 Å². The van der Waals surface area contributed by atoms with Crippen molar-refractivity contribution in [3.05, 3.63) is 20.8 Å². The fraction of sp³-hybridized carbons (Fsp3) is 0.625. The van der Waals surface area contributed by atoms with Gasteiger partial charge in [0.15, 0.2) is 4.83 Å². The Kier molecular flexibility index (Phi) is 3.67. The highest BCUT2D eigenvalue weighted by Gasteiger charge is 2.25. The van der Waals surface area contributed by atoms with E-state index >= 15 is 0 Å². The number of hydrogen-bond acceptors (Lipinski definition) is 5. The van der Waals surface area contributed by atoms with Crippen LogP contribution in [0.2, 0.25) is 0 Å². The predicted octanol–water partition coefficient (Wildman–Crippen LogP) is 1.60. The zero-order valence-corrected chi connectivity index (χ0v) is 14.1. The summed E-state index contributed by atoms with van der Waals surface area (Å²) in [6.45, 7) is 3.82. The topological polar surface area (TPSA) is 68.1 Å². The molecule has 23 heavy (non-hydrogen) atoms. The normalized spacial score (nSPS) is 20.9. The lowest BCUT2D eigenvalue weighted by Crippen LogP contribution is -2.36. The molecule has 1 amide bonds. The molecule has 4 rings (SSSR count). The van der Waals surface area contributed by atoms with E-state index in [9.17, 15) is 9.59 Å². The maximum Gasteiger partial charge on any atom is 0.279 e. The lowest BCUT2D eigenvalue weighted by molar-refractivity contribution is -0.131. The van der Waals surface area contributed by atoms with E-state index in [0.29, 0.717) is 11.3 Å². The molecule has 0 aromatic carbocycles. The molecule has 0 radical (unpaired) electrons. The second kappa shape index (κ2) is 5.70. The zero-order valence-electron chi connectivity index (χ0n) is 13.2. The van der Waals surface area contributed by atoms with Gasteiger partial charge in [-0.1, -0.05) is 12.1 Å². The molecule has 1 unspecified atom stereocenters. The van der Waals surface area contributed by atoms with Crippen molar-refractivity contribution in [2.75, 3.05) is 13.1 Å². The zero-order chi connectivity index (χ0) is 16.0. The quantitative estimate of drug-likeness (QED) is 0.838. The van der Waals surface area contributed by atoms with E-state index in [0.717, 1.165) is 55.6 Å². The van der Waals surface area contributed by atoms with Gasteiger partial charge in [0.2, 0.25) is 5.91 Å². The number of aromatic nitrogens is 3. The largest absolute Gasteiger partial charge is 0.341 e. The molecule has 0 spiro atoms. The van der Waals surface area contributed by atoms with Crippen LogP contribution in [-0.2, 0) is 24.2 Å². The number of likely N-dealkylation sites (tertiary alicyclic amines) is 1. The molecule has 1 aliphatic carbocycles. The van der Waals surface area contributed by atoms with Crippen LogP contribution in [0.25, 0.3) is 10.2 Å². The number of rotatable bonds is 2. The second-order valence-electron chi connectivity index (χ2n) is 6.67. The smallest absolute Gasteiger partial charge is 0.279 e. The van der Waals surface area contributed by atoms with Crippen molar-refractivity contribution in [1.29, 1.82) is 0 Å². The Hall–Kier alpha value is -1.76. The van der Waals surface area contributed by atoms with Gasteiger partial charge >= 0.3 is 0 Å². The summed E-state index contributed by atoms with van der Waals surface area (Å²) in [6, 6.07) is 0. The van der Waals surface area contributed by atoms with Crippen molar-refractivity contribution < 1.29 is 4.79 Å². The van der Waals surface area contributed by atoms with Crippen LogP contribution in [0.1, 0.15) is 36.6 Å². The monoisotopic (exact) mass is 332 g/mol. The summed E-state index contributed by atoms with van der Waals surface area (Å²) in [4.78, 5) is 28.9. The lowest BCUT2D eigenvalue weighted by Gasteiger charge is -2.17. The van der Waals surface area contributed by atoms with Gasteiger partial charge in [0, 0.05) is 18.0 Å². The maximum absolute atomic E-state index is 12.8. The molecule has 1 atom stereocenters. The Morgan fingerprint density at radius 3 is 2.91 bits per heavy atom. The number of carbonyl (C=O) groups excluding carboxylic acids is 1. The number of hydrogen-bond donors (Lipinski definition) is 0. The highest BCUT2D eigenvalue weighted by molar-refractivity contribution is 7.18. The molecule has 2 aromatic rings. The first kappa shape index (κ1) is 14.8. The van der Waals surface area contributed by atoms with Crippen LogP contribution in [0.4, 0.5) is 0 Å². The Bertz CT molecular complexity index is 819. The first-order valence-electron chi connectivity index (χ1n) is 8.29. The van der Waals surface area contributed by atoms with E-state index in [1.54, 1.807) is 11.3 Å². The van der Waals surface area contributed by atoms with Gasteiger partial charge < -0.3 is 4.90 Å². The molecule has 0 N–H and O–H groups in total. The molecule has 2 aromatic heterocycles. The van der Waals surface area contributed by atoms with Crippen molar-refractivity contribution in [2.24, 2.45) is 5.92 Å². The van der Waals surface area contributed by atoms with Crippen LogP contribution < -0.4 is 5.56 Å². The van der Waals surface area contributed by atoms with E-state index < -0.39 is 0 Å². The van der Waals surface area contributed by atoms with E-state index in [-0.39, 0.29) is 18.0 Å². The van der Waals surface area contributed by atoms with Gasteiger partial charge in [-0.2, -0.15) is 0 Å². The number of carbonyl (C=O) groups is 1. The standard InChI is InChI=1S/C16H20N4O2S/c1-10-4-5-11-12(8-10)23-15-14(11)16(22)20(18-17-15)9-13(21)19-6-2-3-7-19/h10H,2-9H2,1H3. The highest BCUT2D eigenvalue weighted by atomic mass is 32.1. The molecule has 6 nitrogen and oxygen atoms in total. The summed E-state index contributed by atoms with van der Waals surface area (Å²) in [7, 11) is 0. The lowest BCUT2D eigenvalue weighted by atomic mass is 9.89. The minimum absolute atomic E-state index is 0.00277. The second-order valence-corrected chi connectivity index (χ2v) is 7.76. The Morgan fingerprint density at radius 2 is 2.13 bits per heavy atom. The number of fused-ring (bicyclic) bond motifs is 3. The van der Waals surface area contributed by atoms with E-state index in [4.69, 9.17) is 0 Å². The fourth-order valence-corrected chi connectivity index (χ4v) is 4.91. The molecule has 7 heteroatoms. The van der Waals surface area contributed by atoms with Gasteiger partial charge in [-0.15, -0.1) is 16.4 Å². The van der Waals surface area contributed by atoms with Gasteiger partial charge in [0.1, 0.15) is 6.54 Å². The average molecular weight is 332 g/mol. The molecule has 3 heterocycles. The maximum atomic E-state index is 12.8. The number of amides is 1. The molecule has 1 fully saturated rings. The van der Waals surface area contributed by atoms with Gasteiger partial charge in [0.05, 0.1) is 5.39 Å². The molecule has 1 aliphatic heterocycles. The van der Waals surface area contributed by atoms with Crippen molar-refractivity contribution in [3.63, 3.8) is 0 Å². The molecule has 122 valence electrons. The van der Waals surface area contributed by atoms with E-state index in [1.165, 1.54) is 9.56 Å². The van der Waals surface area contributed by atoms with Crippen LogP contribution in [0, 0.1) is 5.92 Å². The summed E-state index contributed by atoms with van der Waals surface area (Å²) < 4.78 is 1.24. The third kappa shape index (κ3) is 2.56. The minimum Gasteiger partial charge on any atom is -0.341 e. The Morgan fingerprint density at radius 1 is 1.35 bits per heavy atom. The number of nitrogens with zero attached hydrogens (tertiary/aromatic N) is 4. The van der Waals surface area contributed by atoms with Crippen LogP contribution in [0.5, 0.6) is 0 Å². The summed E-state index contributed by atoms with van der Waals surface area (Å²) in [6.07, 6.45) is 5.14. The molecule has 1 saturated heterocycles. The summed E-state index contributed by atoms with van der Waals surface area (Å²) >= 11 is 1.59. The number of aryl methyl sites for hydroxylation is 1. The summed E-state index contributed by atoms with van der Waals surface area (Å²) in [5.74, 6) is 0.624. The molecule has 0 saturated carbocycles. The average Bonchev–Trinajstić information content (AvgIpc) is 3.16. The molecule has 0 bridgehead atoms. The third-order valence-electron chi connectivity index (χ3n) is 4.93. The molecular weight excluding hydrogens is 312 g/mol. The van der Waals surface area contributed by atoms with Crippen LogP contribution in [-0.4, -0.2) is 38.9 Å². The Balaban J connectivity index is 1.70. The SMILES string of the molecule is CC1CCc2c(sc3nnn(CC(=O)N4CCCC4)c(=O)c23)C1. The summed E-state index contributed by atoms with van der Waals surface area (Å²) in [5, 5.41) is 8.91. The van der Waals surface area contributed by atoms with Gasteiger partial charge in [-0.25, -0.2) is 4.68 Å². The first-order valence-corrected chi connectivity index (χ1v) is 9.11. The first-order chi connectivity index (χ1) is 11.1. The van der Waals surface area contributed by atoms with Crippen molar-refractivity contribution in [3.8, 4) is 0 Å². The minimum atomic E-state index is -0.158. The van der Waals surface area contributed by atoms with Crippen LogP contribution in [0.3, 0.4) is 0 Å². The highest BCUT2D eigenvalue weighted by Crippen LogP contribution is 2.35. The van der Waals surface area contributed by atoms with Gasteiger partial charge in [-0.05, 0) is 43.6 Å². The Labute approximate surface area is 138 Å². The van der Waals surface area contributed by atoms with E-state index in [2.05, 4.69) is 17.2 Å². The fourth-order valence-electron chi connectivity index (χ4n) is 3.59. The molecular formula is C16H20N4O2S. The van der Waals surface area contributed by atoms with Crippen molar-refractivity contribution >= 4 is 27.5 Å². The van der Waals surface area contributed by atoms with Crippen LogP contribution >= 0.6 is 11.3 Å². The molecule has 2 aliphatic rings. The van der Waals surface area contributed by atoms with Gasteiger partial charge in [0.25, 0.3) is 5.56 Å². The third-order valence-corrected chi connectivity index (χ3v) is 6.07. The van der Waals surface area contributed by atoms with Gasteiger partial charge in [-0.3, -0.25) is 9.59 Å². The number of thiophene rings is 1. The van der Waals surface area contributed by atoms with Crippen molar-refractivity contribution in [2.45, 2.75) is 45.6 Å². The summed E-state index contributed by atoms with van der Waals surface area (Å²) in [5.41, 5.74) is 0.986. The predicted molar refractivity (Wildman–Crippen MR) is 88.7 cm³/mol. The van der Waals surface area contributed by atoms with Crippen molar-refractivity contribution in [1.82, 2.24) is 19.9 Å².